The summed E-state index contributed by atoms with van der Waals surface area (Å²) >= 11 is 0.876. The van der Waals surface area contributed by atoms with Crippen LogP contribution in [0.25, 0.3) is 0 Å². The third-order valence-corrected chi connectivity index (χ3v) is 3.39. The monoisotopic (exact) mass is 300 g/mol. The van der Waals surface area contributed by atoms with Gasteiger partial charge in [0.2, 0.25) is 0 Å². The van der Waals surface area contributed by atoms with Crippen LogP contribution in [0.4, 0.5) is 0 Å². The standard InChI is InChI=1S/C8H7BrO4S.Na/c9-5-3-6-7(13-2-1-12-6)4-8(5)14(10)11;/h3-4H,1-2H2,(H,10,11);/q;+1/p-1. The summed E-state index contributed by atoms with van der Waals surface area (Å²) in [5, 5.41) is 0. The Kier molecular flexibility index (Phi) is 5.08. The molecule has 15 heavy (non-hydrogen) atoms. The van der Waals surface area contributed by atoms with Crippen molar-refractivity contribution in [2.24, 2.45) is 0 Å². The van der Waals surface area contributed by atoms with Crippen molar-refractivity contribution in [2.45, 2.75) is 4.90 Å². The Morgan fingerprint density at radius 1 is 1.27 bits per heavy atom. The summed E-state index contributed by atoms with van der Waals surface area (Å²) in [6.45, 7) is 0.929. The molecule has 76 valence electrons. The molecule has 0 N–H and O–H groups in total. The second-order valence-corrected chi connectivity index (χ2v) is 4.42. The smallest absolute Gasteiger partial charge is 0.768 e. The van der Waals surface area contributed by atoms with E-state index in [9.17, 15) is 8.76 Å². The molecule has 0 amide bonds. The van der Waals surface area contributed by atoms with Crippen LogP contribution in [0, 0.1) is 0 Å². The Bertz CT molecular complexity index is 398. The quantitative estimate of drug-likeness (QED) is 0.466. The minimum absolute atomic E-state index is 0. The molecule has 1 atom stereocenters. The van der Waals surface area contributed by atoms with Crippen LogP contribution in [0.15, 0.2) is 21.5 Å². The van der Waals surface area contributed by atoms with Crippen molar-refractivity contribution in [3.05, 3.63) is 16.6 Å². The molecule has 2 rings (SSSR count). The molecular weight excluding hydrogens is 295 g/mol. The van der Waals surface area contributed by atoms with Gasteiger partial charge in [0, 0.05) is 15.4 Å². The Balaban J connectivity index is 0.00000112. The van der Waals surface area contributed by atoms with Crippen molar-refractivity contribution >= 4 is 27.0 Å². The first-order chi connectivity index (χ1) is 6.68. The van der Waals surface area contributed by atoms with Gasteiger partial charge in [0.05, 0.1) is 0 Å². The van der Waals surface area contributed by atoms with Crippen LogP contribution in [-0.2, 0) is 11.1 Å². The fourth-order valence-electron chi connectivity index (χ4n) is 1.17. The molecule has 0 saturated carbocycles. The van der Waals surface area contributed by atoms with E-state index in [0.717, 1.165) is 0 Å². The molecule has 4 nitrogen and oxygen atoms in total. The summed E-state index contributed by atoms with van der Waals surface area (Å²) in [6.07, 6.45) is 0. The van der Waals surface area contributed by atoms with Gasteiger partial charge < -0.3 is 14.0 Å². The zero-order valence-electron chi connectivity index (χ0n) is 7.99. The van der Waals surface area contributed by atoms with Crippen molar-refractivity contribution in [2.75, 3.05) is 13.2 Å². The number of halogens is 1. The van der Waals surface area contributed by atoms with E-state index in [1.54, 1.807) is 6.07 Å². The Morgan fingerprint density at radius 3 is 2.33 bits per heavy atom. The summed E-state index contributed by atoms with van der Waals surface area (Å²) in [6, 6.07) is 3.04. The van der Waals surface area contributed by atoms with Gasteiger partial charge in [-0.05, 0) is 33.1 Å². The Labute approximate surface area is 120 Å². The molecule has 0 fully saturated rings. The number of hydrogen-bond donors (Lipinski definition) is 0. The molecule has 0 bridgehead atoms. The van der Waals surface area contributed by atoms with Gasteiger partial charge in [0.15, 0.2) is 11.5 Å². The van der Waals surface area contributed by atoms with Gasteiger partial charge >= 0.3 is 29.6 Å². The van der Waals surface area contributed by atoms with E-state index < -0.39 is 11.1 Å². The molecule has 1 aromatic carbocycles. The van der Waals surface area contributed by atoms with Crippen molar-refractivity contribution < 1.29 is 47.8 Å². The molecule has 0 radical (unpaired) electrons. The number of rotatable bonds is 1. The molecule has 0 aromatic heterocycles. The number of fused-ring (bicyclic) bond motifs is 1. The molecule has 1 aliphatic rings. The first-order valence-electron chi connectivity index (χ1n) is 3.87. The van der Waals surface area contributed by atoms with Gasteiger partial charge in [-0.2, -0.15) is 0 Å². The largest absolute Gasteiger partial charge is 1.00 e. The zero-order chi connectivity index (χ0) is 10.1. The van der Waals surface area contributed by atoms with Crippen molar-refractivity contribution in [3.8, 4) is 11.5 Å². The zero-order valence-corrected chi connectivity index (χ0v) is 12.4. The maximum atomic E-state index is 10.8. The SMILES string of the molecule is O=S([O-])c1cc2c(cc1Br)OCCO2.[Na+]. The Hall–Kier alpha value is 0.410. The summed E-state index contributed by atoms with van der Waals surface area (Å²) < 4.78 is 32.6. The third-order valence-electron chi connectivity index (χ3n) is 1.78. The van der Waals surface area contributed by atoms with Crippen LogP contribution < -0.4 is 39.0 Å². The fraction of sp³-hybridized carbons (Fsp3) is 0.250. The third kappa shape index (κ3) is 2.95. The fourth-order valence-corrected chi connectivity index (χ4v) is 2.31. The number of hydrogen-bond acceptors (Lipinski definition) is 4. The minimum Gasteiger partial charge on any atom is -0.768 e. The maximum absolute atomic E-state index is 10.8. The van der Waals surface area contributed by atoms with Gasteiger partial charge in [0.25, 0.3) is 0 Å². The molecule has 0 aliphatic carbocycles. The molecule has 1 unspecified atom stereocenters. The van der Waals surface area contributed by atoms with Gasteiger partial charge in [-0.25, -0.2) is 0 Å². The van der Waals surface area contributed by atoms with E-state index in [0.29, 0.717) is 29.2 Å². The predicted molar refractivity (Wildman–Crippen MR) is 52.3 cm³/mol. The summed E-state index contributed by atoms with van der Waals surface area (Å²) in [5.74, 6) is 1.04. The van der Waals surface area contributed by atoms with Gasteiger partial charge in [0.1, 0.15) is 13.2 Å². The number of benzene rings is 1. The molecule has 1 aromatic rings. The van der Waals surface area contributed by atoms with Crippen molar-refractivity contribution in [1.82, 2.24) is 0 Å². The van der Waals surface area contributed by atoms with Gasteiger partial charge in [-0.3, -0.25) is 4.21 Å². The van der Waals surface area contributed by atoms with E-state index in [-0.39, 0.29) is 34.5 Å². The molecule has 7 heteroatoms. The second kappa shape index (κ2) is 5.65. The summed E-state index contributed by atoms with van der Waals surface area (Å²) in [4.78, 5) is 0.175. The first-order valence-corrected chi connectivity index (χ1v) is 5.73. The average molecular weight is 301 g/mol. The van der Waals surface area contributed by atoms with Crippen LogP contribution in [0.2, 0.25) is 0 Å². The summed E-state index contributed by atoms with van der Waals surface area (Å²) in [7, 11) is 0. The molecule has 1 aliphatic heterocycles. The van der Waals surface area contributed by atoms with E-state index in [1.165, 1.54) is 6.07 Å². The van der Waals surface area contributed by atoms with Crippen molar-refractivity contribution in [1.29, 1.82) is 0 Å². The topological polar surface area (TPSA) is 58.6 Å². The van der Waals surface area contributed by atoms with Crippen LogP contribution in [-0.4, -0.2) is 22.0 Å². The van der Waals surface area contributed by atoms with Crippen molar-refractivity contribution in [3.63, 3.8) is 0 Å². The van der Waals surface area contributed by atoms with E-state index in [2.05, 4.69) is 15.9 Å². The van der Waals surface area contributed by atoms with Crippen LogP contribution in [0.1, 0.15) is 0 Å². The minimum atomic E-state index is -2.27. The van der Waals surface area contributed by atoms with Gasteiger partial charge in [-0.15, -0.1) is 0 Å². The average Bonchev–Trinajstić information content (AvgIpc) is 2.16. The van der Waals surface area contributed by atoms with Crippen LogP contribution in [0.3, 0.4) is 0 Å². The van der Waals surface area contributed by atoms with E-state index in [1.807, 2.05) is 0 Å². The van der Waals surface area contributed by atoms with E-state index >= 15 is 0 Å². The molecule has 0 spiro atoms. The Morgan fingerprint density at radius 2 is 1.80 bits per heavy atom. The predicted octanol–water partition coefficient (Wildman–Crippen LogP) is -1.54. The van der Waals surface area contributed by atoms with Crippen LogP contribution >= 0.6 is 15.9 Å². The maximum Gasteiger partial charge on any atom is 1.00 e. The normalized spacial score (nSPS) is 15.3. The van der Waals surface area contributed by atoms with Gasteiger partial charge in [-0.1, -0.05) is 0 Å². The molecule has 0 saturated heterocycles. The van der Waals surface area contributed by atoms with E-state index in [4.69, 9.17) is 9.47 Å². The first kappa shape index (κ1) is 13.5. The number of ether oxygens (including phenoxy) is 2. The summed E-state index contributed by atoms with van der Waals surface area (Å²) in [5.41, 5.74) is 0. The molecule has 1 heterocycles. The molecular formula is C8H6BrNaO4S. The second-order valence-electron chi connectivity index (χ2n) is 2.66. The van der Waals surface area contributed by atoms with Crippen LogP contribution in [0.5, 0.6) is 11.5 Å².